The van der Waals surface area contributed by atoms with Crippen molar-refractivity contribution in [3.8, 4) is 5.75 Å². The number of piperazine rings is 1. The van der Waals surface area contributed by atoms with Crippen molar-refractivity contribution in [1.29, 1.82) is 0 Å². The second kappa shape index (κ2) is 13.3. The van der Waals surface area contributed by atoms with Crippen LogP contribution in [0.4, 0.5) is 4.79 Å². The van der Waals surface area contributed by atoms with Gasteiger partial charge in [0.05, 0.1) is 18.7 Å². The van der Waals surface area contributed by atoms with Crippen molar-refractivity contribution < 1.29 is 33.4 Å². The first-order chi connectivity index (χ1) is 19.9. The van der Waals surface area contributed by atoms with Gasteiger partial charge in [0.1, 0.15) is 11.4 Å². The molecule has 1 saturated heterocycles. The van der Waals surface area contributed by atoms with Gasteiger partial charge in [-0.1, -0.05) is 24.3 Å². The van der Waals surface area contributed by atoms with Crippen molar-refractivity contribution >= 4 is 23.9 Å². The van der Waals surface area contributed by atoms with Gasteiger partial charge in [0, 0.05) is 57.8 Å². The van der Waals surface area contributed by atoms with E-state index in [1.54, 1.807) is 23.1 Å². The van der Waals surface area contributed by atoms with Crippen LogP contribution in [0.15, 0.2) is 42.5 Å². The summed E-state index contributed by atoms with van der Waals surface area (Å²) in [6.07, 6.45) is 0.0431. The Bertz CT molecular complexity index is 1300. The quantitative estimate of drug-likeness (QED) is 0.351. The topological polar surface area (TPSA) is 132 Å². The van der Waals surface area contributed by atoms with E-state index in [9.17, 15) is 19.2 Å². The standard InChI is InChI=1S/C31H40N4O7/c1-31(2,3)42-30(39)34-16-14-33(15-17-34)18-21-8-10-22(11-9-21)29(38)41-26-7-5-6-23-19-35(20-24(23)26)25(28(32)37)12-13-27(36)40-4/h5-11,25H,12-20H2,1-4H3,(H2,32,37). The van der Waals surface area contributed by atoms with Gasteiger partial charge in [0.25, 0.3) is 0 Å². The summed E-state index contributed by atoms with van der Waals surface area (Å²) in [6.45, 7) is 9.78. The van der Waals surface area contributed by atoms with Crippen molar-refractivity contribution in [2.24, 2.45) is 5.73 Å². The molecule has 2 heterocycles. The Balaban J connectivity index is 1.32. The van der Waals surface area contributed by atoms with Gasteiger partial charge >= 0.3 is 18.0 Å². The molecule has 0 radical (unpaired) electrons. The Morgan fingerprint density at radius 1 is 0.952 bits per heavy atom. The van der Waals surface area contributed by atoms with Gasteiger partial charge in [-0.2, -0.15) is 0 Å². The molecule has 1 unspecified atom stereocenters. The Kier molecular flexibility index (Phi) is 9.85. The van der Waals surface area contributed by atoms with E-state index >= 15 is 0 Å². The molecule has 226 valence electrons. The van der Waals surface area contributed by atoms with E-state index < -0.39 is 29.5 Å². The van der Waals surface area contributed by atoms with E-state index in [2.05, 4.69) is 4.90 Å². The summed E-state index contributed by atoms with van der Waals surface area (Å²) in [5.41, 5.74) is 8.36. The van der Waals surface area contributed by atoms with Crippen LogP contribution in [-0.4, -0.2) is 83.6 Å². The summed E-state index contributed by atoms with van der Waals surface area (Å²) in [4.78, 5) is 55.0. The highest BCUT2D eigenvalue weighted by atomic mass is 16.6. The molecule has 2 aromatic rings. The lowest BCUT2D eigenvalue weighted by Gasteiger charge is -2.35. The number of rotatable bonds is 9. The fourth-order valence-electron chi connectivity index (χ4n) is 5.17. The number of carbonyl (C=O) groups is 4. The molecule has 2 aliphatic rings. The zero-order valence-corrected chi connectivity index (χ0v) is 24.8. The van der Waals surface area contributed by atoms with Crippen LogP contribution in [-0.2, 0) is 38.7 Å². The fraction of sp³-hybridized carbons (Fsp3) is 0.484. The molecule has 2 N–H and O–H groups in total. The predicted octanol–water partition coefficient (Wildman–Crippen LogP) is 3.08. The molecule has 11 nitrogen and oxygen atoms in total. The number of nitrogens with two attached hydrogens (primary N) is 1. The molecule has 0 aliphatic carbocycles. The van der Waals surface area contributed by atoms with Gasteiger partial charge in [-0.25, -0.2) is 9.59 Å². The number of carbonyl (C=O) groups excluding carboxylic acids is 4. The zero-order valence-electron chi connectivity index (χ0n) is 24.8. The van der Waals surface area contributed by atoms with Crippen molar-refractivity contribution in [2.75, 3.05) is 33.3 Å². The van der Waals surface area contributed by atoms with Crippen LogP contribution in [0.1, 0.15) is 60.7 Å². The monoisotopic (exact) mass is 580 g/mol. The van der Waals surface area contributed by atoms with Gasteiger partial charge in [-0.15, -0.1) is 0 Å². The third-order valence-electron chi connectivity index (χ3n) is 7.41. The van der Waals surface area contributed by atoms with E-state index in [4.69, 9.17) is 19.9 Å². The molecule has 2 aromatic carbocycles. The van der Waals surface area contributed by atoms with Gasteiger partial charge in [0.2, 0.25) is 5.91 Å². The molecular formula is C31H40N4O7. The maximum absolute atomic E-state index is 13.0. The Morgan fingerprint density at radius 2 is 1.64 bits per heavy atom. The second-order valence-corrected chi connectivity index (χ2v) is 11.7. The number of benzene rings is 2. The highest BCUT2D eigenvalue weighted by Gasteiger charge is 2.32. The average molecular weight is 581 g/mol. The number of nitrogens with zero attached hydrogens (tertiary/aromatic N) is 3. The van der Waals surface area contributed by atoms with Crippen molar-refractivity contribution in [2.45, 2.75) is 64.9 Å². The normalized spacial score (nSPS) is 16.4. The van der Waals surface area contributed by atoms with E-state index in [1.165, 1.54) is 7.11 Å². The molecular weight excluding hydrogens is 540 g/mol. The minimum absolute atomic E-state index is 0.0804. The molecule has 42 heavy (non-hydrogen) atoms. The maximum atomic E-state index is 13.0. The molecule has 11 heteroatoms. The lowest BCUT2D eigenvalue weighted by molar-refractivity contribution is -0.141. The number of hydrogen-bond acceptors (Lipinski definition) is 9. The molecule has 1 atom stereocenters. The van der Waals surface area contributed by atoms with E-state index in [-0.39, 0.29) is 18.9 Å². The van der Waals surface area contributed by atoms with Crippen LogP contribution in [0.2, 0.25) is 0 Å². The summed E-state index contributed by atoms with van der Waals surface area (Å²) in [5, 5.41) is 0. The maximum Gasteiger partial charge on any atom is 0.410 e. The smallest absolute Gasteiger partial charge is 0.410 e. The van der Waals surface area contributed by atoms with E-state index in [0.717, 1.165) is 29.8 Å². The summed E-state index contributed by atoms with van der Waals surface area (Å²) in [6, 6.07) is 12.1. The van der Waals surface area contributed by atoms with Gasteiger partial charge < -0.3 is 24.8 Å². The zero-order chi connectivity index (χ0) is 30.4. The van der Waals surface area contributed by atoms with E-state index in [0.29, 0.717) is 44.0 Å². The summed E-state index contributed by atoms with van der Waals surface area (Å²) >= 11 is 0. The minimum atomic E-state index is -0.645. The average Bonchev–Trinajstić information content (AvgIpc) is 3.37. The van der Waals surface area contributed by atoms with Crippen LogP contribution >= 0.6 is 0 Å². The first-order valence-electron chi connectivity index (χ1n) is 14.2. The van der Waals surface area contributed by atoms with Gasteiger partial charge in [0.15, 0.2) is 0 Å². The Morgan fingerprint density at radius 3 is 2.26 bits per heavy atom. The number of methoxy groups -OCH3 is 1. The Labute approximate surface area is 246 Å². The molecule has 4 rings (SSSR count). The van der Waals surface area contributed by atoms with Crippen LogP contribution in [0.5, 0.6) is 5.75 Å². The first kappa shape index (κ1) is 31.0. The van der Waals surface area contributed by atoms with Crippen LogP contribution in [0.25, 0.3) is 0 Å². The van der Waals surface area contributed by atoms with Crippen molar-refractivity contribution in [1.82, 2.24) is 14.7 Å². The Hall–Kier alpha value is -3.96. The molecule has 2 amide bonds. The summed E-state index contributed by atoms with van der Waals surface area (Å²) in [7, 11) is 1.30. The third-order valence-corrected chi connectivity index (χ3v) is 7.41. The molecule has 0 spiro atoms. The number of primary amides is 1. The number of hydrogen-bond donors (Lipinski definition) is 1. The highest BCUT2D eigenvalue weighted by molar-refractivity contribution is 5.91. The minimum Gasteiger partial charge on any atom is -0.469 e. The largest absolute Gasteiger partial charge is 0.469 e. The fourth-order valence-corrected chi connectivity index (χ4v) is 5.17. The molecule has 0 bridgehead atoms. The number of ether oxygens (including phenoxy) is 3. The molecule has 0 aromatic heterocycles. The number of esters is 2. The second-order valence-electron chi connectivity index (χ2n) is 11.7. The molecule has 1 fully saturated rings. The first-order valence-corrected chi connectivity index (χ1v) is 14.2. The van der Waals surface area contributed by atoms with Crippen molar-refractivity contribution in [3.63, 3.8) is 0 Å². The van der Waals surface area contributed by atoms with Crippen molar-refractivity contribution in [3.05, 3.63) is 64.7 Å². The summed E-state index contributed by atoms with van der Waals surface area (Å²) in [5.74, 6) is -0.964. The lowest BCUT2D eigenvalue weighted by atomic mass is 10.1. The molecule has 2 aliphatic heterocycles. The van der Waals surface area contributed by atoms with Gasteiger partial charge in [-0.3, -0.25) is 19.4 Å². The third kappa shape index (κ3) is 8.07. The highest BCUT2D eigenvalue weighted by Crippen LogP contribution is 2.33. The predicted molar refractivity (Wildman–Crippen MR) is 154 cm³/mol. The molecule has 0 saturated carbocycles. The van der Waals surface area contributed by atoms with E-state index in [1.807, 2.05) is 49.9 Å². The van der Waals surface area contributed by atoms with Crippen LogP contribution in [0, 0.1) is 0 Å². The number of fused-ring (bicyclic) bond motifs is 1. The lowest BCUT2D eigenvalue weighted by Crippen LogP contribution is -2.49. The van der Waals surface area contributed by atoms with Gasteiger partial charge in [-0.05, 0) is 56.5 Å². The summed E-state index contributed by atoms with van der Waals surface area (Å²) < 4.78 is 16.0. The number of amides is 2. The van der Waals surface area contributed by atoms with Crippen LogP contribution < -0.4 is 10.5 Å². The van der Waals surface area contributed by atoms with Crippen LogP contribution in [0.3, 0.4) is 0 Å². The SMILES string of the molecule is COC(=O)CCC(C(N)=O)N1Cc2cccc(OC(=O)c3ccc(CN4CCN(C(=O)OC(C)(C)C)CC4)cc3)c2C1.